The molecular weight excluding hydrogens is 442 g/mol. The van der Waals surface area contributed by atoms with Crippen LogP contribution in [-0.4, -0.2) is 29.7 Å². The first-order valence-electron chi connectivity index (χ1n) is 9.02. The lowest BCUT2D eigenvalue weighted by Gasteiger charge is -2.32. The molecule has 0 atom stereocenters. The summed E-state index contributed by atoms with van der Waals surface area (Å²) in [7, 11) is -1.13. The van der Waals surface area contributed by atoms with Crippen molar-refractivity contribution >= 4 is 10.9 Å². The Bertz CT molecular complexity index is 937. The number of rotatable bonds is 6. The first-order chi connectivity index (χ1) is 14.5. The molecule has 0 saturated carbocycles. The largest absolute Gasteiger partial charge is 0.490 e. The van der Waals surface area contributed by atoms with Crippen LogP contribution in [0, 0.1) is 0 Å². The summed E-state index contributed by atoms with van der Waals surface area (Å²) in [5.74, 6) is -0.205. The minimum atomic E-state index is -5.94. The maximum atomic E-state index is 12.9. The van der Waals surface area contributed by atoms with Gasteiger partial charge in [-0.15, -0.1) is 0 Å². The first-order valence-corrected chi connectivity index (χ1v) is 10.4. The Balaban J connectivity index is 1.94. The molecule has 0 heterocycles. The Morgan fingerprint density at radius 2 is 1.10 bits per heavy atom. The van der Waals surface area contributed by atoms with Crippen LogP contribution in [0.5, 0.6) is 5.75 Å². The molecule has 3 aromatic rings. The highest BCUT2D eigenvalue weighted by Crippen LogP contribution is 2.52. The van der Waals surface area contributed by atoms with Crippen LogP contribution in [0.25, 0.3) is 0 Å². The van der Waals surface area contributed by atoms with Crippen molar-refractivity contribution in [2.45, 2.75) is 32.6 Å². The summed E-state index contributed by atoms with van der Waals surface area (Å²) < 4.78 is 82.2. The Morgan fingerprint density at radius 1 is 0.645 bits per heavy atom. The zero-order valence-electron chi connectivity index (χ0n) is 15.9. The minimum absolute atomic E-state index is 0.205. The predicted octanol–water partition coefficient (Wildman–Crippen LogP) is 6.40. The second kappa shape index (κ2) is 8.84. The zero-order valence-corrected chi connectivity index (χ0v) is 16.8. The van der Waals surface area contributed by atoms with E-state index in [1.807, 2.05) is 60.7 Å². The van der Waals surface area contributed by atoms with Crippen LogP contribution in [-0.2, 0) is 0 Å². The molecule has 0 spiro atoms. The van der Waals surface area contributed by atoms with Gasteiger partial charge in [0.1, 0.15) is 12.4 Å². The third kappa shape index (κ3) is 4.99. The van der Waals surface area contributed by atoms with Crippen LogP contribution >= 0.6 is 10.9 Å². The Kier molecular flexibility index (Phi) is 6.56. The number of hydrogen-bond donors (Lipinski definition) is 2. The Hall–Kier alpha value is -2.65. The second-order valence-electron chi connectivity index (χ2n) is 6.65. The lowest BCUT2D eigenvalue weighted by Crippen LogP contribution is -2.60. The number of benzene rings is 3. The summed E-state index contributed by atoms with van der Waals surface area (Å²) in [4.78, 5) is 2.57. The lowest BCUT2D eigenvalue weighted by molar-refractivity contribution is -0.373. The van der Waals surface area contributed by atoms with E-state index in [1.165, 1.54) is 18.2 Å². The summed E-state index contributed by atoms with van der Waals surface area (Å²) in [5, 5.41) is 9.31. The number of thiol groups is 1. The van der Waals surface area contributed by atoms with Crippen molar-refractivity contribution in [1.29, 1.82) is 0 Å². The molecule has 0 aromatic heterocycles. The van der Waals surface area contributed by atoms with Gasteiger partial charge in [0.05, 0.1) is 0 Å². The standard InChI is InChI=1S/C22H18F6O2S/c23-21(24,25)20(29,22(26,27)28)15-30-16-8-7-13-19(14-16)31(17-9-3-1-4-10-17)18-11-5-2-6-12-18/h1-14,29,31H,15H2. The zero-order chi connectivity index (χ0) is 22.7. The van der Waals surface area contributed by atoms with E-state index in [0.717, 1.165) is 9.79 Å². The number of alkyl halides is 6. The topological polar surface area (TPSA) is 29.5 Å². The van der Waals surface area contributed by atoms with Gasteiger partial charge in [-0.2, -0.15) is 37.2 Å². The fraction of sp³-hybridized carbons (Fsp3) is 0.182. The van der Waals surface area contributed by atoms with Crippen LogP contribution in [0.4, 0.5) is 26.3 Å². The van der Waals surface area contributed by atoms with Crippen LogP contribution < -0.4 is 4.74 Å². The molecule has 3 aromatic carbocycles. The average Bonchev–Trinajstić information content (AvgIpc) is 2.72. The highest BCUT2D eigenvalue weighted by molar-refractivity contribution is 8.17. The minimum Gasteiger partial charge on any atom is -0.490 e. The molecule has 1 N–H and O–H groups in total. The number of hydrogen-bond acceptors (Lipinski definition) is 2. The van der Waals surface area contributed by atoms with Crippen molar-refractivity contribution in [3.63, 3.8) is 0 Å². The van der Waals surface area contributed by atoms with E-state index in [4.69, 9.17) is 4.74 Å². The summed E-state index contributed by atoms with van der Waals surface area (Å²) in [6, 6.07) is 24.6. The van der Waals surface area contributed by atoms with Gasteiger partial charge in [0.2, 0.25) is 0 Å². The van der Waals surface area contributed by atoms with Crippen molar-refractivity contribution in [2.24, 2.45) is 0 Å². The number of halogens is 6. The quantitative estimate of drug-likeness (QED) is 0.329. The number of ether oxygens (including phenoxy) is 1. The molecule has 3 rings (SSSR count). The second-order valence-corrected chi connectivity index (χ2v) is 8.87. The Morgan fingerprint density at radius 3 is 1.55 bits per heavy atom. The predicted molar refractivity (Wildman–Crippen MR) is 106 cm³/mol. The molecule has 2 nitrogen and oxygen atoms in total. The van der Waals surface area contributed by atoms with Gasteiger partial charge in [0, 0.05) is 0 Å². The SMILES string of the molecule is OC(COc1cccc([SH](c2ccccc2)c2ccccc2)c1)(C(F)(F)F)C(F)(F)F. The molecule has 0 fully saturated rings. The summed E-state index contributed by atoms with van der Waals surface area (Å²) in [5.41, 5.74) is -4.97. The molecule has 166 valence electrons. The van der Waals surface area contributed by atoms with E-state index in [2.05, 4.69) is 0 Å². The summed E-state index contributed by atoms with van der Waals surface area (Å²) in [6.45, 7) is -2.00. The molecule has 0 bridgehead atoms. The third-order valence-electron chi connectivity index (χ3n) is 4.49. The van der Waals surface area contributed by atoms with E-state index in [1.54, 1.807) is 6.07 Å². The fourth-order valence-corrected chi connectivity index (χ4v) is 5.15. The van der Waals surface area contributed by atoms with E-state index in [9.17, 15) is 31.4 Å². The highest BCUT2D eigenvalue weighted by atomic mass is 32.2. The third-order valence-corrected chi connectivity index (χ3v) is 6.91. The van der Waals surface area contributed by atoms with Gasteiger partial charge in [0.25, 0.3) is 5.60 Å². The van der Waals surface area contributed by atoms with Gasteiger partial charge in [-0.25, -0.2) is 0 Å². The van der Waals surface area contributed by atoms with Crippen molar-refractivity contribution in [3.8, 4) is 5.75 Å². The fourth-order valence-electron chi connectivity index (χ4n) is 2.83. The van der Waals surface area contributed by atoms with Crippen molar-refractivity contribution in [1.82, 2.24) is 0 Å². The normalized spacial score (nSPS) is 13.1. The molecule has 0 amide bonds. The molecule has 0 unspecified atom stereocenters. The van der Waals surface area contributed by atoms with Crippen molar-refractivity contribution in [3.05, 3.63) is 84.9 Å². The van der Waals surface area contributed by atoms with Gasteiger partial charge in [-0.05, 0) is 57.2 Å². The average molecular weight is 460 g/mol. The van der Waals surface area contributed by atoms with Gasteiger partial charge >= 0.3 is 12.4 Å². The highest BCUT2D eigenvalue weighted by Gasteiger charge is 2.71. The molecule has 0 saturated heterocycles. The van der Waals surface area contributed by atoms with Crippen LogP contribution in [0.3, 0.4) is 0 Å². The van der Waals surface area contributed by atoms with Gasteiger partial charge in [0.15, 0.2) is 0 Å². The van der Waals surface area contributed by atoms with E-state index in [-0.39, 0.29) is 5.75 Å². The summed E-state index contributed by atoms with van der Waals surface area (Å²) in [6.07, 6.45) is -11.9. The smallest absolute Gasteiger partial charge is 0.429 e. The van der Waals surface area contributed by atoms with Gasteiger partial charge in [-0.3, -0.25) is 0 Å². The molecule has 0 aliphatic heterocycles. The monoisotopic (exact) mass is 460 g/mol. The molecule has 9 heteroatoms. The lowest BCUT2D eigenvalue weighted by atomic mass is 10.0. The maximum absolute atomic E-state index is 12.9. The van der Waals surface area contributed by atoms with Crippen molar-refractivity contribution < 1.29 is 36.2 Å². The molecular formula is C22H18F6O2S. The van der Waals surface area contributed by atoms with Gasteiger partial charge in [-0.1, -0.05) is 42.5 Å². The number of aliphatic hydroxyl groups is 1. The molecule has 0 aliphatic carbocycles. The van der Waals surface area contributed by atoms with Crippen molar-refractivity contribution in [2.75, 3.05) is 6.61 Å². The van der Waals surface area contributed by atoms with E-state index >= 15 is 0 Å². The van der Waals surface area contributed by atoms with E-state index < -0.39 is 35.5 Å². The van der Waals surface area contributed by atoms with E-state index in [0.29, 0.717) is 4.90 Å². The van der Waals surface area contributed by atoms with Gasteiger partial charge < -0.3 is 9.84 Å². The molecule has 0 radical (unpaired) electrons. The Labute approximate surface area is 177 Å². The maximum Gasteiger partial charge on any atom is 0.429 e. The first kappa shape index (κ1) is 23.0. The summed E-state index contributed by atoms with van der Waals surface area (Å²) >= 11 is 0. The molecule has 31 heavy (non-hydrogen) atoms. The van der Waals surface area contributed by atoms with Crippen LogP contribution in [0.15, 0.2) is 99.6 Å². The van der Waals surface area contributed by atoms with Crippen LogP contribution in [0.1, 0.15) is 0 Å². The van der Waals surface area contributed by atoms with Crippen LogP contribution in [0.2, 0.25) is 0 Å². The molecule has 0 aliphatic rings.